The molecule has 1 N–H and O–H groups in total. The van der Waals surface area contributed by atoms with Gasteiger partial charge in [0.15, 0.2) is 0 Å². The Labute approximate surface area is 174 Å². The number of carbonyl (C=O) groups is 2. The molecule has 6 nitrogen and oxygen atoms in total. The van der Waals surface area contributed by atoms with Crippen molar-refractivity contribution in [3.63, 3.8) is 0 Å². The number of nitrogens with zero attached hydrogens (tertiary/aromatic N) is 3. The Morgan fingerprint density at radius 2 is 2.00 bits per heavy atom. The highest BCUT2D eigenvalue weighted by molar-refractivity contribution is 7.12. The van der Waals surface area contributed by atoms with Crippen LogP contribution in [0.2, 0.25) is 0 Å². The smallest absolute Gasteiger partial charge is 0.264 e. The van der Waals surface area contributed by atoms with E-state index in [2.05, 4.69) is 10.4 Å². The zero-order chi connectivity index (χ0) is 20.1. The zero-order valence-electron chi connectivity index (χ0n) is 16.2. The van der Waals surface area contributed by atoms with Crippen LogP contribution in [0.15, 0.2) is 60.2 Å². The fourth-order valence-electron chi connectivity index (χ4n) is 3.65. The molecule has 0 saturated carbocycles. The van der Waals surface area contributed by atoms with Crippen LogP contribution >= 0.6 is 11.3 Å². The molecule has 0 radical (unpaired) electrons. The first-order valence-corrected chi connectivity index (χ1v) is 10.8. The molecule has 1 fully saturated rings. The van der Waals surface area contributed by atoms with Gasteiger partial charge in [0.05, 0.1) is 16.8 Å². The van der Waals surface area contributed by atoms with Gasteiger partial charge >= 0.3 is 0 Å². The van der Waals surface area contributed by atoms with Crippen LogP contribution in [0.3, 0.4) is 0 Å². The summed E-state index contributed by atoms with van der Waals surface area (Å²) in [7, 11) is 0. The van der Waals surface area contributed by atoms with Crippen LogP contribution in [-0.4, -0.2) is 45.6 Å². The van der Waals surface area contributed by atoms with Crippen molar-refractivity contribution in [3.05, 3.63) is 70.7 Å². The lowest BCUT2D eigenvalue weighted by Crippen LogP contribution is -2.52. The number of para-hydroxylation sites is 1. The average Bonchev–Trinajstić information content (AvgIpc) is 3.46. The fourth-order valence-corrected chi connectivity index (χ4v) is 4.33. The molecule has 150 valence electrons. The zero-order valence-corrected chi connectivity index (χ0v) is 17.0. The Hall–Kier alpha value is -2.93. The highest BCUT2D eigenvalue weighted by Gasteiger charge is 2.32. The number of hydrogen-bond donors (Lipinski definition) is 1. The summed E-state index contributed by atoms with van der Waals surface area (Å²) in [5, 5.41) is 9.29. The van der Waals surface area contributed by atoms with Crippen LogP contribution in [0.4, 0.5) is 0 Å². The van der Waals surface area contributed by atoms with Gasteiger partial charge in [-0.15, -0.1) is 11.3 Å². The maximum absolute atomic E-state index is 12.8. The van der Waals surface area contributed by atoms with E-state index >= 15 is 0 Å². The van der Waals surface area contributed by atoms with E-state index in [1.807, 2.05) is 64.9 Å². The van der Waals surface area contributed by atoms with Crippen molar-refractivity contribution in [3.8, 4) is 5.69 Å². The molecular weight excluding hydrogens is 384 g/mol. The van der Waals surface area contributed by atoms with Crippen molar-refractivity contribution in [2.75, 3.05) is 13.1 Å². The van der Waals surface area contributed by atoms with Gasteiger partial charge in [0.1, 0.15) is 6.04 Å². The van der Waals surface area contributed by atoms with E-state index in [1.54, 1.807) is 4.90 Å². The first-order chi connectivity index (χ1) is 14.2. The third-order valence-corrected chi connectivity index (χ3v) is 6.03. The van der Waals surface area contributed by atoms with Crippen molar-refractivity contribution in [1.29, 1.82) is 0 Å². The molecule has 1 aliphatic rings. The van der Waals surface area contributed by atoms with E-state index in [4.69, 9.17) is 0 Å². The number of hydrogen-bond acceptors (Lipinski definition) is 4. The minimum atomic E-state index is -0.384. The molecule has 1 aromatic carbocycles. The lowest BCUT2D eigenvalue weighted by molar-refractivity contribution is -0.126. The molecule has 2 aromatic heterocycles. The Kier molecular flexibility index (Phi) is 6.05. The lowest BCUT2D eigenvalue weighted by atomic mass is 10.0. The number of likely N-dealkylation sites (tertiary alicyclic amines) is 1. The molecule has 0 bridgehead atoms. The van der Waals surface area contributed by atoms with E-state index < -0.39 is 0 Å². The molecule has 1 unspecified atom stereocenters. The Morgan fingerprint density at radius 1 is 1.14 bits per heavy atom. The average molecular weight is 409 g/mol. The third kappa shape index (κ3) is 4.56. The maximum atomic E-state index is 12.8. The molecule has 1 saturated heterocycles. The van der Waals surface area contributed by atoms with E-state index in [1.165, 1.54) is 11.3 Å². The quantitative estimate of drug-likeness (QED) is 0.681. The molecule has 4 rings (SSSR count). The summed E-state index contributed by atoms with van der Waals surface area (Å²) < 4.78 is 1.83. The van der Waals surface area contributed by atoms with Crippen molar-refractivity contribution < 1.29 is 9.59 Å². The minimum absolute atomic E-state index is 0.0380. The number of benzene rings is 1. The molecule has 0 aliphatic carbocycles. The van der Waals surface area contributed by atoms with E-state index in [0.717, 1.165) is 30.5 Å². The van der Waals surface area contributed by atoms with E-state index in [9.17, 15) is 9.59 Å². The summed E-state index contributed by atoms with van der Waals surface area (Å²) in [6, 6.07) is 13.2. The first-order valence-electron chi connectivity index (χ1n) is 9.93. The SMILES string of the molecule is O=C(NCCc1cnn(-c2ccccc2)c1)C1CCCCN1C(=O)c1cccs1. The number of aromatic nitrogens is 2. The van der Waals surface area contributed by atoms with Gasteiger partial charge in [0.25, 0.3) is 5.91 Å². The standard InChI is InChI=1S/C22H24N4O2S/c27-21(19-9-4-5-13-25(19)22(28)20-10-6-14-29-20)23-12-11-17-15-24-26(16-17)18-7-2-1-3-8-18/h1-3,6-8,10,14-16,19H,4-5,9,11-13H2,(H,23,27). The Bertz CT molecular complexity index is 952. The van der Waals surface area contributed by atoms with Crippen molar-refractivity contribution >= 4 is 23.2 Å². The molecule has 2 amide bonds. The van der Waals surface area contributed by atoms with Gasteiger partial charge in [-0.25, -0.2) is 4.68 Å². The summed E-state index contributed by atoms with van der Waals surface area (Å²) in [5.41, 5.74) is 2.07. The molecule has 7 heteroatoms. The van der Waals surface area contributed by atoms with Crippen LogP contribution < -0.4 is 5.32 Å². The molecule has 3 aromatic rings. The van der Waals surface area contributed by atoms with Gasteiger partial charge < -0.3 is 10.2 Å². The summed E-state index contributed by atoms with van der Waals surface area (Å²) >= 11 is 1.42. The molecule has 29 heavy (non-hydrogen) atoms. The predicted molar refractivity (Wildman–Crippen MR) is 113 cm³/mol. The van der Waals surface area contributed by atoms with Gasteiger partial charge in [0, 0.05) is 19.3 Å². The molecule has 0 spiro atoms. The second kappa shape index (κ2) is 9.05. The number of rotatable bonds is 6. The van der Waals surface area contributed by atoms with Gasteiger partial charge in [0.2, 0.25) is 5.91 Å². The number of thiophene rings is 1. The summed E-state index contributed by atoms with van der Waals surface area (Å²) in [5.74, 6) is -0.103. The number of piperidine rings is 1. The van der Waals surface area contributed by atoms with Gasteiger partial charge in [-0.1, -0.05) is 24.3 Å². The van der Waals surface area contributed by atoms with Crippen LogP contribution in [-0.2, 0) is 11.2 Å². The second-order valence-corrected chi connectivity index (χ2v) is 8.10. The van der Waals surface area contributed by atoms with Gasteiger partial charge in [-0.05, 0) is 54.8 Å². The highest BCUT2D eigenvalue weighted by Crippen LogP contribution is 2.22. The number of nitrogens with one attached hydrogen (secondary N) is 1. The minimum Gasteiger partial charge on any atom is -0.354 e. The molecule has 3 heterocycles. The molecule has 1 aliphatic heterocycles. The van der Waals surface area contributed by atoms with Gasteiger partial charge in [-0.3, -0.25) is 9.59 Å². The molecular formula is C22H24N4O2S. The topological polar surface area (TPSA) is 67.2 Å². The largest absolute Gasteiger partial charge is 0.354 e. The summed E-state index contributed by atoms with van der Waals surface area (Å²) in [6.45, 7) is 1.16. The van der Waals surface area contributed by atoms with Crippen LogP contribution in [0.1, 0.15) is 34.5 Å². The first kappa shape index (κ1) is 19.4. The monoisotopic (exact) mass is 408 g/mol. The highest BCUT2D eigenvalue weighted by atomic mass is 32.1. The van der Waals surface area contributed by atoms with Crippen LogP contribution in [0.5, 0.6) is 0 Å². The Balaban J connectivity index is 1.33. The van der Waals surface area contributed by atoms with Crippen molar-refractivity contribution in [2.45, 2.75) is 31.7 Å². The molecule has 1 atom stereocenters. The normalized spacial score (nSPS) is 16.6. The fraction of sp³-hybridized carbons (Fsp3) is 0.318. The van der Waals surface area contributed by atoms with E-state index in [-0.39, 0.29) is 17.9 Å². The van der Waals surface area contributed by atoms with E-state index in [0.29, 0.717) is 24.4 Å². The van der Waals surface area contributed by atoms with Crippen LogP contribution in [0.25, 0.3) is 5.69 Å². The number of carbonyl (C=O) groups excluding carboxylic acids is 2. The third-order valence-electron chi connectivity index (χ3n) is 5.17. The van der Waals surface area contributed by atoms with Crippen molar-refractivity contribution in [2.24, 2.45) is 0 Å². The second-order valence-electron chi connectivity index (χ2n) is 7.16. The maximum Gasteiger partial charge on any atom is 0.264 e. The van der Waals surface area contributed by atoms with Crippen LogP contribution in [0, 0.1) is 0 Å². The van der Waals surface area contributed by atoms with Crippen molar-refractivity contribution in [1.82, 2.24) is 20.0 Å². The predicted octanol–water partition coefficient (Wildman–Crippen LogP) is 3.29. The summed E-state index contributed by atoms with van der Waals surface area (Å²) in [6.07, 6.45) is 7.13. The Morgan fingerprint density at radius 3 is 2.79 bits per heavy atom. The summed E-state index contributed by atoms with van der Waals surface area (Å²) in [4.78, 5) is 28.0. The van der Waals surface area contributed by atoms with Gasteiger partial charge in [-0.2, -0.15) is 5.10 Å². The number of amides is 2. The lowest BCUT2D eigenvalue weighted by Gasteiger charge is -2.34.